The summed E-state index contributed by atoms with van der Waals surface area (Å²) < 4.78 is 30.4. The zero-order valence-electron chi connectivity index (χ0n) is 30.2. The minimum Gasteiger partial charge on any atom is -0.472 e. The van der Waals surface area contributed by atoms with Crippen molar-refractivity contribution in [2.24, 2.45) is 39.4 Å². The molecule has 3 saturated carbocycles. The molecule has 10 nitrogen and oxygen atoms in total. The Kier molecular flexibility index (Phi) is 9.51. The summed E-state index contributed by atoms with van der Waals surface area (Å²) in [6.07, 6.45) is 4.21. The predicted octanol–water partition coefficient (Wildman–Crippen LogP) is 6.30. The van der Waals surface area contributed by atoms with Gasteiger partial charge in [-0.25, -0.2) is 4.79 Å². The van der Waals surface area contributed by atoms with Crippen LogP contribution >= 0.6 is 0 Å². The van der Waals surface area contributed by atoms with Crippen LogP contribution in [-0.2, 0) is 38.1 Å². The van der Waals surface area contributed by atoms with Crippen molar-refractivity contribution >= 4 is 23.9 Å². The first-order chi connectivity index (χ1) is 22.3. The quantitative estimate of drug-likeness (QED) is 0.191. The Morgan fingerprint density at radius 3 is 1.96 bits per heavy atom. The second kappa shape index (κ2) is 12.6. The Hall–Kier alpha value is -3.14. The summed E-state index contributed by atoms with van der Waals surface area (Å²) >= 11 is 0. The highest BCUT2D eigenvalue weighted by molar-refractivity contribution is 5.75. The first-order valence-corrected chi connectivity index (χ1v) is 17.5. The molecule has 12 atom stereocenters. The molecule has 0 bridgehead atoms. The largest absolute Gasteiger partial charge is 0.472 e. The van der Waals surface area contributed by atoms with Crippen LogP contribution < -0.4 is 0 Å². The topological polar surface area (TPSA) is 139 Å². The Morgan fingerprint density at radius 2 is 1.40 bits per heavy atom. The summed E-state index contributed by atoms with van der Waals surface area (Å²) in [7, 11) is 0. The Balaban J connectivity index is 1.73. The van der Waals surface area contributed by atoms with Crippen LogP contribution in [0.3, 0.4) is 0 Å². The molecule has 0 amide bonds. The van der Waals surface area contributed by atoms with E-state index in [-0.39, 0.29) is 23.7 Å². The normalized spacial score (nSPS) is 39.4. The van der Waals surface area contributed by atoms with Crippen molar-refractivity contribution in [1.29, 1.82) is 0 Å². The molecule has 1 aromatic rings. The van der Waals surface area contributed by atoms with Gasteiger partial charge in [-0.1, -0.05) is 66.5 Å². The van der Waals surface area contributed by atoms with Crippen LogP contribution in [0.25, 0.3) is 0 Å². The van der Waals surface area contributed by atoms with Crippen LogP contribution in [-0.4, -0.2) is 59.5 Å². The number of hydrogen-bond acceptors (Lipinski definition) is 10. The van der Waals surface area contributed by atoms with Crippen LogP contribution in [0.15, 0.2) is 34.7 Å². The number of allylic oxidation sites excluding steroid dienone is 1. The van der Waals surface area contributed by atoms with E-state index in [1.807, 2.05) is 19.9 Å². The lowest BCUT2D eigenvalue weighted by atomic mass is 9.36. The summed E-state index contributed by atoms with van der Waals surface area (Å²) in [6.45, 7) is 18.4. The minimum atomic E-state index is -1.30. The Bertz CT molecular complexity index is 1440. The highest BCUT2D eigenvalue weighted by atomic mass is 16.6. The van der Waals surface area contributed by atoms with E-state index in [9.17, 15) is 24.3 Å². The van der Waals surface area contributed by atoms with Gasteiger partial charge < -0.3 is 28.5 Å². The molecule has 10 heteroatoms. The molecule has 0 saturated heterocycles. The van der Waals surface area contributed by atoms with Crippen LogP contribution in [0, 0.1) is 39.4 Å². The average Bonchev–Trinajstić information content (AvgIpc) is 3.65. The van der Waals surface area contributed by atoms with E-state index < -0.39 is 76.1 Å². The fourth-order valence-corrected chi connectivity index (χ4v) is 10.7. The van der Waals surface area contributed by atoms with Gasteiger partial charge in [0.2, 0.25) is 0 Å². The molecule has 48 heavy (non-hydrogen) atoms. The number of esters is 4. The number of ether oxygens (including phenoxy) is 4. The van der Waals surface area contributed by atoms with Gasteiger partial charge in [-0.3, -0.25) is 14.4 Å². The number of hydrogen-bond donors (Lipinski definition) is 1. The van der Waals surface area contributed by atoms with Crippen molar-refractivity contribution in [2.75, 3.05) is 0 Å². The van der Waals surface area contributed by atoms with Crippen LogP contribution in [0.2, 0.25) is 0 Å². The van der Waals surface area contributed by atoms with Gasteiger partial charge in [0, 0.05) is 54.8 Å². The standard InChI is InChI=1S/C38H54O10/c1-11-20(2)33(42)34(43)48-31-16-27-35(6,7)29(45-21(3)39)18-32(47-23(5)41)38(27,10)28-17-30(46-22(4)40)36(8)25(24-14-15-44-19-24)12-13-26(36)37(28,31)9/h13-15,19-20,25,27-33,42H,11-12,16-18H2,1-10H3/t20-,25+,27-,28+,29+,30+,31-,32-,33+,36-,37-,38-/m0/s1. The first kappa shape index (κ1) is 36.1. The monoisotopic (exact) mass is 670 g/mol. The van der Waals surface area contributed by atoms with E-state index in [4.69, 9.17) is 23.4 Å². The van der Waals surface area contributed by atoms with E-state index in [0.717, 1.165) is 11.1 Å². The number of carbonyl (C=O) groups is 4. The average molecular weight is 671 g/mol. The van der Waals surface area contributed by atoms with Crippen molar-refractivity contribution in [1.82, 2.24) is 0 Å². The number of furan rings is 1. The summed E-state index contributed by atoms with van der Waals surface area (Å²) in [5.74, 6) is -2.88. The number of fused-ring (bicyclic) bond motifs is 5. The van der Waals surface area contributed by atoms with Gasteiger partial charge >= 0.3 is 23.9 Å². The van der Waals surface area contributed by atoms with Crippen molar-refractivity contribution in [2.45, 2.75) is 138 Å². The SMILES string of the molecule is CC[C@H](C)[C@@H](O)C(=O)O[C@H]1C[C@H]2C(C)(C)[C@H](OC(C)=O)C[C@H](OC(C)=O)[C@]2(C)[C@@H]2C[C@@H](OC(C)=O)[C@]3(C)C(=CC[C@@H]3c3ccoc3)[C@]12C. The van der Waals surface area contributed by atoms with Gasteiger partial charge in [-0.15, -0.1) is 0 Å². The molecule has 5 rings (SSSR count). The van der Waals surface area contributed by atoms with Crippen LogP contribution in [0.5, 0.6) is 0 Å². The number of aliphatic hydroxyl groups is 1. The lowest BCUT2D eigenvalue weighted by Gasteiger charge is -2.70. The fourth-order valence-electron chi connectivity index (χ4n) is 10.7. The van der Waals surface area contributed by atoms with Crippen molar-refractivity contribution in [3.8, 4) is 0 Å². The van der Waals surface area contributed by atoms with E-state index in [2.05, 4.69) is 40.7 Å². The van der Waals surface area contributed by atoms with E-state index in [1.165, 1.54) is 20.8 Å². The summed E-state index contributed by atoms with van der Waals surface area (Å²) in [5, 5.41) is 11.0. The second-order valence-corrected chi connectivity index (χ2v) is 16.1. The number of aliphatic hydroxyl groups excluding tert-OH is 1. The third-order valence-corrected chi connectivity index (χ3v) is 13.3. The van der Waals surface area contributed by atoms with E-state index in [0.29, 0.717) is 32.1 Å². The molecule has 0 unspecified atom stereocenters. The van der Waals surface area contributed by atoms with Gasteiger partial charge in [0.1, 0.15) is 24.4 Å². The molecule has 1 heterocycles. The lowest BCUT2D eigenvalue weighted by Crippen LogP contribution is -2.72. The Morgan fingerprint density at radius 1 is 0.833 bits per heavy atom. The van der Waals surface area contributed by atoms with Crippen molar-refractivity contribution in [3.05, 3.63) is 35.8 Å². The summed E-state index contributed by atoms with van der Waals surface area (Å²) in [6, 6.07) is 1.94. The molecule has 3 fully saturated rings. The van der Waals surface area contributed by atoms with Gasteiger partial charge in [-0.2, -0.15) is 0 Å². The maximum Gasteiger partial charge on any atom is 0.335 e. The smallest absolute Gasteiger partial charge is 0.335 e. The van der Waals surface area contributed by atoms with Gasteiger partial charge in [0.05, 0.1) is 12.5 Å². The van der Waals surface area contributed by atoms with Crippen LogP contribution in [0.4, 0.5) is 0 Å². The summed E-state index contributed by atoms with van der Waals surface area (Å²) in [4.78, 5) is 51.7. The molecule has 1 aromatic heterocycles. The number of rotatable bonds is 8. The molecule has 0 radical (unpaired) electrons. The molecule has 4 aliphatic carbocycles. The first-order valence-electron chi connectivity index (χ1n) is 17.5. The zero-order chi connectivity index (χ0) is 35.6. The highest BCUT2D eigenvalue weighted by Gasteiger charge is 2.74. The maximum atomic E-state index is 13.8. The zero-order valence-corrected chi connectivity index (χ0v) is 30.2. The van der Waals surface area contributed by atoms with Crippen LogP contribution in [0.1, 0.15) is 113 Å². The lowest BCUT2D eigenvalue weighted by molar-refractivity contribution is -0.270. The van der Waals surface area contributed by atoms with E-state index >= 15 is 0 Å². The summed E-state index contributed by atoms with van der Waals surface area (Å²) in [5.41, 5.74) is -0.800. The third-order valence-electron chi connectivity index (χ3n) is 13.3. The number of carbonyl (C=O) groups excluding carboxylic acids is 4. The Labute approximate surface area is 284 Å². The molecule has 0 spiro atoms. The maximum absolute atomic E-state index is 13.8. The van der Waals surface area contributed by atoms with Gasteiger partial charge in [0.25, 0.3) is 0 Å². The fraction of sp³-hybridized carbons (Fsp3) is 0.737. The molecular formula is C38H54O10. The molecule has 0 aliphatic heterocycles. The van der Waals surface area contributed by atoms with E-state index in [1.54, 1.807) is 12.5 Å². The molecule has 266 valence electrons. The van der Waals surface area contributed by atoms with Crippen molar-refractivity contribution < 1.29 is 47.6 Å². The van der Waals surface area contributed by atoms with Gasteiger partial charge in [0.15, 0.2) is 6.10 Å². The molecule has 4 aliphatic rings. The molecular weight excluding hydrogens is 616 g/mol. The third kappa shape index (κ3) is 5.50. The second-order valence-electron chi connectivity index (χ2n) is 16.1. The molecule has 1 N–H and O–H groups in total. The van der Waals surface area contributed by atoms with Gasteiger partial charge in [-0.05, 0) is 48.6 Å². The minimum absolute atomic E-state index is 0.0682. The molecule has 0 aromatic carbocycles. The van der Waals surface area contributed by atoms with Crippen molar-refractivity contribution in [3.63, 3.8) is 0 Å². The highest BCUT2D eigenvalue weighted by Crippen LogP contribution is 2.74. The predicted molar refractivity (Wildman–Crippen MR) is 175 cm³/mol.